The van der Waals surface area contributed by atoms with E-state index in [0.717, 1.165) is 4.31 Å². The number of rotatable bonds is 4. The van der Waals surface area contributed by atoms with Crippen molar-refractivity contribution >= 4 is 26.6 Å². The van der Waals surface area contributed by atoms with Gasteiger partial charge in [0.05, 0.1) is 6.61 Å². The van der Waals surface area contributed by atoms with Crippen molar-refractivity contribution in [1.29, 1.82) is 0 Å². The predicted octanol–water partition coefficient (Wildman–Crippen LogP) is 0.751. The van der Waals surface area contributed by atoms with Gasteiger partial charge in [-0.15, -0.1) is 0 Å². The van der Waals surface area contributed by atoms with Crippen LogP contribution in [0.4, 0.5) is 5.69 Å². The van der Waals surface area contributed by atoms with Crippen molar-refractivity contribution in [1.82, 2.24) is 9.29 Å². The van der Waals surface area contributed by atoms with Gasteiger partial charge in [-0.3, -0.25) is 0 Å². The SMILES string of the molecule is CC(CO)N(C)S(=O)(=O)c1c[nH]c2ccc(N)cc12. The monoisotopic (exact) mass is 283 g/mol. The molecule has 19 heavy (non-hydrogen) atoms. The maximum Gasteiger partial charge on any atom is 0.245 e. The van der Waals surface area contributed by atoms with Gasteiger partial charge in [-0.1, -0.05) is 0 Å². The standard InChI is InChI=1S/C12H17N3O3S/c1-8(7-16)15(2)19(17,18)12-6-14-11-4-3-9(13)5-10(11)12/h3-6,8,14,16H,7,13H2,1-2H3. The molecule has 0 aliphatic heterocycles. The van der Waals surface area contributed by atoms with Gasteiger partial charge in [-0.2, -0.15) is 4.31 Å². The van der Waals surface area contributed by atoms with Crippen LogP contribution < -0.4 is 5.73 Å². The number of likely N-dealkylation sites (N-methyl/N-ethyl adjacent to an activating group) is 1. The minimum atomic E-state index is -3.66. The van der Waals surface area contributed by atoms with Crippen LogP contribution in [0.3, 0.4) is 0 Å². The molecule has 0 bridgehead atoms. The fourth-order valence-corrected chi connectivity index (χ4v) is 3.34. The fourth-order valence-electron chi connectivity index (χ4n) is 1.83. The van der Waals surface area contributed by atoms with E-state index in [2.05, 4.69) is 4.98 Å². The lowest BCUT2D eigenvalue weighted by atomic mass is 10.2. The molecule has 4 N–H and O–H groups in total. The summed E-state index contributed by atoms with van der Waals surface area (Å²) in [6.07, 6.45) is 1.44. The maximum absolute atomic E-state index is 12.5. The first-order valence-electron chi connectivity index (χ1n) is 5.83. The molecule has 104 valence electrons. The number of nitrogens with zero attached hydrogens (tertiary/aromatic N) is 1. The minimum absolute atomic E-state index is 0.164. The van der Waals surface area contributed by atoms with Crippen molar-refractivity contribution < 1.29 is 13.5 Å². The average molecular weight is 283 g/mol. The Bertz CT molecular complexity index is 693. The van der Waals surface area contributed by atoms with Crippen molar-refractivity contribution in [3.8, 4) is 0 Å². The van der Waals surface area contributed by atoms with Crippen molar-refractivity contribution in [2.24, 2.45) is 0 Å². The maximum atomic E-state index is 12.5. The second-order valence-corrected chi connectivity index (χ2v) is 6.48. The number of anilines is 1. The van der Waals surface area contributed by atoms with Crippen LogP contribution in [0.25, 0.3) is 10.9 Å². The molecule has 1 atom stereocenters. The highest BCUT2D eigenvalue weighted by molar-refractivity contribution is 7.89. The van der Waals surface area contributed by atoms with Crippen molar-refractivity contribution in [2.45, 2.75) is 17.9 Å². The van der Waals surface area contributed by atoms with E-state index in [1.54, 1.807) is 25.1 Å². The minimum Gasteiger partial charge on any atom is -0.399 e. The Kier molecular flexibility index (Phi) is 3.53. The number of nitrogen functional groups attached to an aromatic ring is 1. The number of aromatic amines is 1. The molecule has 1 unspecified atom stereocenters. The molecule has 1 aromatic heterocycles. The highest BCUT2D eigenvalue weighted by Crippen LogP contribution is 2.27. The summed E-state index contributed by atoms with van der Waals surface area (Å²) in [5.41, 5.74) is 6.90. The third kappa shape index (κ3) is 2.32. The molecular weight excluding hydrogens is 266 g/mol. The summed E-state index contributed by atoms with van der Waals surface area (Å²) in [7, 11) is -2.22. The summed E-state index contributed by atoms with van der Waals surface area (Å²) in [4.78, 5) is 3.07. The van der Waals surface area contributed by atoms with Gasteiger partial charge in [-0.05, 0) is 25.1 Å². The Labute approximate surface area is 111 Å². The molecule has 6 nitrogen and oxygen atoms in total. The van der Waals surface area contributed by atoms with E-state index in [1.165, 1.54) is 13.2 Å². The second kappa shape index (κ2) is 4.84. The zero-order chi connectivity index (χ0) is 14.2. The van der Waals surface area contributed by atoms with Crippen LogP contribution in [0.15, 0.2) is 29.3 Å². The van der Waals surface area contributed by atoms with Gasteiger partial charge in [0.1, 0.15) is 4.90 Å². The number of aliphatic hydroxyl groups is 1. The molecule has 0 saturated heterocycles. The first kappa shape index (κ1) is 13.9. The largest absolute Gasteiger partial charge is 0.399 e. The second-order valence-electron chi connectivity index (χ2n) is 4.51. The smallest absolute Gasteiger partial charge is 0.245 e. The Morgan fingerprint density at radius 1 is 1.47 bits per heavy atom. The van der Waals surface area contributed by atoms with Crippen molar-refractivity contribution in [3.05, 3.63) is 24.4 Å². The van der Waals surface area contributed by atoms with E-state index in [0.29, 0.717) is 16.6 Å². The highest BCUT2D eigenvalue weighted by atomic mass is 32.2. The van der Waals surface area contributed by atoms with E-state index >= 15 is 0 Å². The normalized spacial score (nSPS) is 14.1. The van der Waals surface area contributed by atoms with Crippen LogP contribution in [0, 0.1) is 0 Å². The first-order chi connectivity index (χ1) is 8.87. The molecule has 0 amide bonds. The fraction of sp³-hybridized carbons (Fsp3) is 0.333. The van der Waals surface area contributed by atoms with Crippen LogP contribution in [-0.4, -0.2) is 42.5 Å². The van der Waals surface area contributed by atoms with E-state index in [-0.39, 0.29) is 11.5 Å². The molecule has 0 aliphatic rings. The predicted molar refractivity (Wildman–Crippen MR) is 74.2 cm³/mol. The molecule has 1 aromatic carbocycles. The van der Waals surface area contributed by atoms with Gasteiger partial charge in [-0.25, -0.2) is 8.42 Å². The molecule has 0 aliphatic carbocycles. The van der Waals surface area contributed by atoms with Crippen LogP contribution in [0.1, 0.15) is 6.92 Å². The van der Waals surface area contributed by atoms with E-state index in [9.17, 15) is 8.42 Å². The number of H-pyrrole nitrogens is 1. The Morgan fingerprint density at radius 3 is 2.79 bits per heavy atom. The number of nitrogens with one attached hydrogen (secondary N) is 1. The molecule has 1 heterocycles. The Balaban J connectivity index is 2.58. The third-order valence-corrected chi connectivity index (χ3v) is 5.22. The summed E-state index contributed by atoms with van der Waals surface area (Å²) < 4.78 is 26.1. The van der Waals surface area contributed by atoms with Crippen LogP contribution >= 0.6 is 0 Å². The summed E-state index contributed by atoms with van der Waals surface area (Å²) >= 11 is 0. The molecule has 7 heteroatoms. The number of aromatic nitrogens is 1. The first-order valence-corrected chi connectivity index (χ1v) is 7.27. The lowest BCUT2D eigenvalue weighted by Crippen LogP contribution is -2.37. The molecule has 2 rings (SSSR count). The van der Waals surface area contributed by atoms with E-state index in [1.807, 2.05) is 0 Å². The van der Waals surface area contributed by atoms with Crippen LogP contribution in [0.5, 0.6) is 0 Å². The summed E-state index contributed by atoms with van der Waals surface area (Å²) in [5.74, 6) is 0. The number of sulfonamides is 1. The Morgan fingerprint density at radius 2 is 2.16 bits per heavy atom. The zero-order valence-corrected chi connectivity index (χ0v) is 11.6. The number of hydrogen-bond acceptors (Lipinski definition) is 4. The lowest BCUT2D eigenvalue weighted by molar-refractivity contribution is 0.214. The summed E-state index contributed by atoms with van der Waals surface area (Å²) in [6.45, 7) is 1.40. The van der Waals surface area contributed by atoms with E-state index < -0.39 is 16.1 Å². The molecule has 0 radical (unpaired) electrons. The van der Waals surface area contributed by atoms with E-state index in [4.69, 9.17) is 10.8 Å². The highest BCUT2D eigenvalue weighted by Gasteiger charge is 2.27. The number of aliphatic hydroxyl groups excluding tert-OH is 1. The molecule has 0 saturated carbocycles. The average Bonchev–Trinajstić information content (AvgIpc) is 2.80. The van der Waals surface area contributed by atoms with Gasteiger partial charge in [0.15, 0.2) is 0 Å². The molecule has 0 spiro atoms. The van der Waals surface area contributed by atoms with Gasteiger partial charge in [0.2, 0.25) is 10.0 Å². The van der Waals surface area contributed by atoms with Gasteiger partial charge >= 0.3 is 0 Å². The molecule has 2 aromatic rings. The topological polar surface area (TPSA) is 99.4 Å². The Hall–Kier alpha value is -1.57. The number of hydrogen-bond donors (Lipinski definition) is 3. The lowest BCUT2D eigenvalue weighted by Gasteiger charge is -2.22. The van der Waals surface area contributed by atoms with Gasteiger partial charge < -0.3 is 15.8 Å². The quantitative estimate of drug-likeness (QED) is 0.721. The van der Waals surface area contributed by atoms with Crippen molar-refractivity contribution in [2.75, 3.05) is 19.4 Å². The number of benzene rings is 1. The summed E-state index contributed by atoms with van der Waals surface area (Å²) in [5, 5.41) is 9.64. The summed E-state index contributed by atoms with van der Waals surface area (Å²) in [6, 6.07) is 4.57. The van der Waals surface area contributed by atoms with Gasteiger partial charge in [0.25, 0.3) is 0 Å². The van der Waals surface area contributed by atoms with Crippen molar-refractivity contribution in [3.63, 3.8) is 0 Å². The van der Waals surface area contributed by atoms with Gasteiger partial charge in [0, 0.05) is 35.9 Å². The molecular formula is C12H17N3O3S. The molecule has 0 fully saturated rings. The van der Waals surface area contributed by atoms with Crippen LogP contribution in [-0.2, 0) is 10.0 Å². The number of nitrogens with two attached hydrogens (primary N) is 1. The third-order valence-electron chi connectivity index (χ3n) is 3.21. The zero-order valence-electron chi connectivity index (χ0n) is 10.8. The van der Waals surface area contributed by atoms with Crippen LogP contribution in [0.2, 0.25) is 0 Å². The number of fused-ring (bicyclic) bond motifs is 1.